The molecule has 1 aromatic rings. The van der Waals surface area contributed by atoms with Gasteiger partial charge in [0.25, 0.3) is 0 Å². The van der Waals surface area contributed by atoms with Crippen LogP contribution in [-0.2, 0) is 11.3 Å². The van der Waals surface area contributed by atoms with Gasteiger partial charge in [0.2, 0.25) is 5.91 Å². The van der Waals surface area contributed by atoms with E-state index < -0.39 is 0 Å². The summed E-state index contributed by atoms with van der Waals surface area (Å²) in [6.45, 7) is 7.26. The molecule has 1 fully saturated rings. The van der Waals surface area contributed by atoms with E-state index in [4.69, 9.17) is 5.73 Å². The smallest absolute Gasteiger partial charge is 0.236 e. The highest BCUT2D eigenvalue weighted by molar-refractivity contribution is 5.78. The molecule has 1 aliphatic carbocycles. The van der Waals surface area contributed by atoms with Crippen LogP contribution < -0.4 is 5.73 Å². The summed E-state index contributed by atoms with van der Waals surface area (Å²) in [4.78, 5) is 16.7. The largest absolute Gasteiger partial charge is 0.399 e. The highest BCUT2D eigenvalue weighted by Crippen LogP contribution is 2.26. The van der Waals surface area contributed by atoms with E-state index in [-0.39, 0.29) is 5.91 Å². The number of nitrogens with two attached hydrogens (primary N) is 1. The van der Waals surface area contributed by atoms with Gasteiger partial charge in [-0.2, -0.15) is 0 Å². The van der Waals surface area contributed by atoms with E-state index in [1.54, 1.807) is 0 Å². The molecule has 4 heteroatoms. The van der Waals surface area contributed by atoms with Gasteiger partial charge >= 0.3 is 0 Å². The lowest BCUT2D eigenvalue weighted by Crippen LogP contribution is -2.41. The van der Waals surface area contributed by atoms with Crippen LogP contribution in [0.15, 0.2) is 24.3 Å². The monoisotopic (exact) mass is 289 g/mol. The zero-order valence-electron chi connectivity index (χ0n) is 13.2. The molecule has 1 saturated carbocycles. The topological polar surface area (TPSA) is 49.6 Å². The van der Waals surface area contributed by atoms with Crippen molar-refractivity contribution >= 4 is 11.6 Å². The molecule has 1 aromatic carbocycles. The molecular formula is C17H27N3O. The first kappa shape index (κ1) is 15.8. The number of hydrogen-bond acceptors (Lipinski definition) is 3. The van der Waals surface area contributed by atoms with E-state index >= 15 is 0 Å². The Hall–Kier alpha value is -1.55. The van der Waals surface area contributed by atoms with Gasteiger partial charge in [-0.25, -0.2) is 0 Å². The summed E-state index contributed by atoms with van der Waals surface area (Å²) in [6.07, 6.45) is 3.39. The Bertz CT molecular complexity index is 471. The van der Waals surface area contributed by atoms with Gasteiger partial charge in [-0.1, -0.05) is 19.1 Å². The predicted molar refractivity (Wildman–Crippen MR) is 86.8 cm³/mol. The summed E-state index contributed by atoms with van der Waals surface area (Å²) in [5.41, 5.74) is 7.79. The molecule has 0 aliphatic heterocycles. The molecule has 0 spiro atoms. The van der Waals surface area contributed by atoms with Gasteiger partial charge in [0, 0.05) is 24.8 Å². The first-order valence-corrected chi connectivity index (χ1v) is 8.00. The normalized spacial score (nSPS) is 14.4. The van der Waals surface area contributed by atoms with Crippen LogP contribution in [0.4, 0.5) is 5.69 Å². The second-order valence-electron chi connectivity index (χ2n) is 5.87. The summed E-state index contributed by atoms with van der Waals surface area (Å²) in [7, 11) is 0. The molecule has 0 saturated heterocycles. The van der Waals surface area contributed by atoms with Crippen molar-refractivity contribution in [2.45, 2.75) is 45.7 Å². The third kappa shape index (κ3) is 4.74. The number of carbonyl (C=O) groups excluding carboxylic acids is 1. The first-order chi connectivity index (χ1) is 10.1. The van der Waals surface area contributed by atoms with Gasteiger partial charge in [-0.05, 0) is 50.4 Å². The van der Waals surface area contributed by atoms with Crippen LogP contribution in [0.2, 0.25) is 0 Å². The fraction of sp³-hybridized carbons (Fsp3) is 0.588. The number of rotatable bonds is 8. The number of nitrogen functional groups attached to an aromatic ring is 1. The number of carbonyl (C=O) groups is 1. The van der Waals surface area contributed by atoms with Crippen LogP contribution in [0.5, 0.6) is 0 Å². The van der Waals surface area contributed by atoms with Crippen LogP contribution >= 0.6 is 0 Å². The van der Waals surface area contributed by atoms with E-state index in [2.05, 4.69) is 24.8 Å². The molecule has 0 radical (unpaired) electrons. The van der Waals surface area contributed by atoms with Crippen molar-refractivity contribution in [2.24, 2.45) is 0 Å². The van der Waals surface area contributed by atoms with Gasteiger partial charge in [-0.3, -0.25) is 9.69 Å². The van der Waals surface area contributed by atoms with Crippen LogP contribution in [-0.4, -0.2) is 41.4 Å². The number of likely N-dealkylation sites (N-methyl/N-ethyl adjacent to an activating group) is 1. The van der Waals surface area contributed by atoms with Crippen molar-refractivity contribution in [1.82, 2.24) is 9.80 Å². The van der Waals surface area contributed by atoms with Gasteiger partial charge in [0.15, 0.2) is 0 Å². The van der Waals surface area contributed by atoms with Crippen molar-refractivity contribution in [3.8, 4) is 0 Å². The fourth-order valence-electron chi connectivity index (χ4n) is 2.79. The second-order valence-corrected chi connectivity index (χ2v) is 5.87. The van der Waals surface area contributed by atoms with E-state index in [9.17, 15) is 4.79 Å². The predicted octanol–water partition coefficient (Wildman–Crippen LogP) is 2.49. The average molecular weight is 289 g/mol. The molecule has 116 valence electrons. The molecular weight excluding hydrogens is 262 g/mol. The third-order valence-electron chi connectivity index (χ3n) is 3.90. The maximum atomic E-state index is 12.5. The van der Waals surface area contributed by atoms with Gasteiger partial charge in [0.05, 0.1) is 6.54 Å². The van der Waals surface area contributed by atoms with Crippen molar-refractivity contribution in [3.63, 3.8) is 0 Å². The van der Waals surface area contributed by atoms with Gasteiger partial charge < -0.3 is 10.6 Å². The maximum Gasteiger partial charge on any atom is 0.236 e. The van der Waals surface area contributed by atoms with Gasteiger partial charge in [-0.15, -0.1) is 0 Å². The highest BCUT2D eigenvalue weighted by atomic mass is 16.2. The quantitative estimate of drug-likeness (QED) is 0.748. The van der Waals surface area contributed by atoms with Crippen molar-refractivity contribution in [1.29, 1.82) is 0 Å². The molecule has 1 amide bonds. The molecule has 4 nitrogen and oxygen atoms in total. The lowest BCUT2D eigenvalue weighted by atomic mass is 10.2. The van der Waals surface area contributed by atoms with Crippen molar-refractivity contribution in [2.75, 3.05) is 25.4 Å². The van der Waals surface area contributed by atoms with Crippen molar-refractivity contribution < 1.29 is 4.79 Å². The molecule has 0 aromatic heterocycles. The number of amides is 1. The molecule has 2 N–H and O–H groups in total. The van der Waals surface area contributed by atoms with Crippen LogP contribution in [0.25, 0.3) is 0 Å². The fourth-order valence-corrected chi connectivity index (χ4v) is 2.79. The lowest BCUT2D eigenvalue weighted by molar-refractivity contribution is -0.132. The lowest BCUT2D eigenvalue weighted by Gasteiger charge is -2.26. The summed E-state index contributed by atoms with van der Waals surface area (Å²) in [6, 6.07) is 8.43. The Morgan fingerprint density at radius 3 is 2.67 bits per heavy atom. The van der Waals surface area contributed by atoms with Gasteiger partial charge in [0.1, 0.15) is 0 Å². The van der Waals surface area contributed by atoms with E-state index in [1.165, 1.54) is 18.4 Å². The zero-order valence-corrected chi connectivity index (χ0v) is 13.2. The second kappa shape index (κ2) is 7.46. The molecule has 0 heterocycles. The summed E-state index contributed by atoms with van der Waals surface area (Å²) in [5, 5.41) is 0. The minimum absolute atomic E-state index is 0.261. The molecule has 0 bridgehead atoms. The number of nitrogens with zero attached hydrogens (tertiary/aromatic N) is 2. The van der Waals surface area contributed by atoms with E-state index in [1.807, 2.05) is 23.1 Å². The maximum absolute atomic E-state index is 12.5. The Kier molecular flexibility index (Phi) is 5.62. The average Bonchev–Trinajstić information content (AvgIpc) is 3.24. The molecule has 21 heavy (non-hydrogen) atoms. The zero-order chi connectivity index (χ0) is 15.2. The highest BCUT2D eigenvalue weighted by Gasteiger charge is 2.31. The van der Waals surface area contributed by atoms with Crippen LogP contribution in [0.3, 0.4) is 0 Å². The number of anilines is 1. The minimum atomic E-state index is 0.261. The summed E-state index contributed by atoms with van der Waals surface area (Å²) >= 11 is 0. The standard InChI is InChI=1S/C17H27N3O/c1-3-10-19(12-14-6-5-7-15(18)11-14)13-17(21)20(4-2)16-8-9-16/h5-7,11,16H,3-4,8-10,12-13,18H2,1-2H3. The van der Waals surface area contributed by atoms with Crippen LogP contribution in [0, 0.1) is 0 Å². The van der Waals surface area contributed by atoms with E-state index in [0.29, 0.717) is 12.6 Å². The SMILES string of the molecule is CCCN(CC(=O)N(CC)C1CC1)Cc1cccc(N)c1. The minimum Gasteiger partial charge on any atom is -0.399 e. The van der Waals surface area contributed by atoms with E-state index in [0.717, 1.165) is 31.7 Å². The summed E-state index contributed by atoms with van der Waals surface area (Å²) in [5.74, 6) is 0.261. The Morgan fingerprint density at radius 2 is 2.10 bits per heavy atom. The molecule has 2 rings (SSSR count). The third-order valence-corrected chi connectivity index (χ3v) is 3.90. The Morgan fingerprint density at radius 1 is 1.33 bits per heavy atom. The van der Waals surface area contributed by atoms with Crippen LogP contribution in [0.1, 0.15) is 38.7 Å². The summed E-state index contributed by atoms with van der Waals surface area (Å²) < 4.78 is 0. The molecule has 0 unspecified atom stereocenters. The first-order valence-electron chi connectivity index (χ1n) is 8.00. The molecule has 0 atom stereocenters. The molecule has 1 aliphatic rings. The van der Waals surface area contributed by atoms with Crippen molar-refractivity contribution in [3.05, 3.63) is 29.8 Å². The Labute approximate surface area is 127 Å². The number of benzene rings is 1. The number of hydrogen-bond donors (Lipinski definition) is 1. The Balaban J connectivity index is 1.96.